The molecule has 1 N–H and O–H groups in total. The Kier molecular flexibility index (Phi) is 5.24. The van der Waals surface area contributed by atoms with Gasteiger partial charge in [-0.1, -0.05) is 96.1 Å². The Morgan fingerprint density at radius 1 is 0.765 bits per heavy atom. The van der Waals surface area contributed by atoms with Gasteiger partial charge in [0.1, 0.15) is 11.3 Å². The van der Waals surface area contributed by atoms with E-state index in [1.54, 1.807) is 0 Å². The number of aromatic amines is 1. The van der Waals surface area contributed by atoms with E-state index in [2.05, 4.69) is 126 Å². The fraction of sp³-hybridized carbons (Fsp3) is 0.312. The lowest BCUT2D eigenvalue weighted by molar-refractivity contribution is 0.515. The zero-order chi connectivity index (χ0) is 24.3. The number of hydrogen-bond acceptors (Lipinski definition) is 1. The lowest BCUT2D eigenvalue weighted by Gasteiger charge is -2.25. The Labute approximate surface area is 203 Å². The lowest BCUT2D eigenvalue weighted by atomic mass is 9.80. The number of H-pyrrole nitrogens is 1. The largest absolute Gasteiger partial charge is 0.460 e. The predicted octanol–water partition coefficient (Wildman–Crippen LogP) is 9.00. The van der Waals surface area contributed by atoms with Crippen molar-refractivity contribution < 1.29 is 4.42 Å². The number of fused-ring (bicyclic) bond motifs is 2. The van der Waals surface area contributed by atoms with Crippen molar-refractivity contribution >= 4 is 21.9 Å². The average Bonchev–Trinajstić information content (AvgIpc) is 3.34. The molecule has 174 valence electrons. The third-order valence-corrected chi connectivity index (χ3v) is 7.02. The van der Waals surface area contributed by atoms with Crippen LogP contribution in [0.15, 0.2) is 77.2 Å². The van der Waals surface area contributed by atoms with Crippen molar-refractivity contribution in [1.29, 1.82) is 0 Å². The molecule has 0 saturated heterocycles. The SMILES string of the molecule is Cc1c(C(c2ccccc2)c2cc3cc(C(C)(C)C)cc(C(C)(C)C)c3o2)[nH]c2ccccc12. The third kappa shape index (κ3) is 3.86. The standard InChI is InChI=1S/C32H35NO/c1-20-24-15-11-12-16-26(24)33-29(20)28(21-13-9-8-10-14-21)27-18-22-17-23(31(2,3)4)19-25(30(22)34-27)32(5,6)7/h8-19,28,33H,1-7H3. The Morgan fingerprint density at radius 3 is 2.09 bits per heavy atom. The van der Waals surface area contributed by atoms with Gasteiger partial charge in [-0.2, -0.15) is 0 Å². The van der Waals surface area contributed by atoms with Gasteiger partial charge >= 0.3 is 0 Å². The smallest absolute Gasteiger partial charge is 0.138 e. The summed E-state index contributed by atoms with van der Waals surface area (Å²) in [5.41, 5.74) is 8.52. The second kappa shape index (κ2) is 7.91. The molecule has 2 aromatic heterocycles. The van der Waals surface area contributed by atoms with Crippen LogP contribution < -0.4 is 0 Å². The highest BCUT2D eigenvalue weighted by Gasteiger charge is 2.29. The Hall–Kier alpha value is -3.26. The quantitative estimate of drug-likeness (QED) is 0.292. The molecule has 1 atom stereocenters. The number of aryl methyl sites for hydroxylation is 1. The monoisotopic (exact) mass is 449 g/mol. The van der Waals surface area contributed by atoms with E-state index in [0.29, 0.717) is 0 Å². The van der Waals surface area contributed by atoms with Crippen LogP contribution in [0.4, 0.5) is 0 Å². The van der Waals surface area contributed by atoms with Gasteiger partial charge in [-0.25, -0.2) is 0 Å². The second-order valence-electron chi connectivity index (χ2n) is 11.6. The van der Waals surface area contributed by atoms with E-state index in [1.165, 1.54) is 38.7 Å². The molecule has 0 aliphatic carbocycles. The van der Waals surface area contributed by atoms with Crippen LogP contribution in [0.3, 0.4) is 0 Å². The molecule has 0 amide bonds. The topological polar surface area (TPSA) is 28.9 Å². The molecule has 3 aromatic carbocycles. The van der Waals surface area contributed by atoms with Crippen molar-refractivity contribution in [1.82, 2.24) is 4.98 Å². The van der Waals surface area contributed by atoms with Crippen LogP contribution in [0.25, 0.3) is 21.9 Å². The van der Waals surface area contributed by atoms with Gasteiger partial charge in [0.2, 0.25) is 0 Å². The number of rotatable bonds is 3. The first kappa shape index (κ1) is 22.5. The van der Waals surface area contributed by atoms with E-state index in [4.69, 9.17) is 4.42 Å². The van der Waals surface area contributed by atoms with Crippen molar-refractivity contribution in [3.05, 3.63) is 107 Å². The predicted molar refractivity (Wildman–Crippen MR) is 144 cm³/mol. The van der Waals surface area contributed by atoms with Gasteiger partial charge in [-0.05, 0) is 52.6 Å². The maximum Gasteiger partial charge on any atom is 0.138 e. The minimum Gasteiger partial charge on any atom is -0.460 e. The van der Waals surface area contributed by atoms with Crippen molar-refractivity contribution in [3.8, 4) is 0 Å². The fourth-order valence-electron chi connectivity index (χ4n) is 5.02. The summed E-state index contributed by atoms with van der Waals surface area (Å²) in [5, 5.41) is 2.45. The first-order valence-electron chi connectivity index (χ1n) is 12.2. The molecule has 5 aromatic rings. The first-order chi connectivity index (χ1) is 16.0. The van der Waals surface area contributed by atoms with Gasteiger partial charge in [0, 0.05) is 27.5 Å². The van der Waals surface area contributed by atoms with Crippen molar-refractivity contribution in [2.24, 2.45) is 0 Å². The molecule has 0 bridgehead atoms. The maximum atomic E-state index is 6.80. The molecular formula is C32H35NO. The third-order valence-electron chi connectivity index (χ3n) is 7.02. The van der Waals surface area contributed by atoms with Crippen LogP contribution in [-0.2, 0) is 10.8 Å². The number of para-hydroxylation sites is 1. The Morgan fingerprint density at radius 2 is 1.44 bits per heavy atom. The molecule has 0 saturated carbocycles. The van der Waals surface area contributed by atoms with Crippen LogP contribution in [0.5, 0.6) is 0 Å². The highest BCUT2D eigenvalue weighted by atomic mass is 16.3. The molecule has 0 spiro atoms. The Bertz CT molecular complexity index is 1470. The number of hydrogen-bond donors (Lipinski definition) is 1. The van der Waals surface area contributed by atoms with Crippen LogP contribution >= 0.6 is 0 Å². The Balaban J connectivity index is 1.79. The normalized spacial score (nSPS) is 13.6. The molecule has 0 aliphatic heterocycles. The van der Waals surface area contributed by atoms with E-state index >= 15 is 0 Å². The van der Waals surface area contributed by atoms with E-state index in [9.17, 15) is 0 Å². The summed E-state index contributed by atoms with van der Waals surface area (Å²) < 4.78 is 6.80. The lowest BCUT2D eigenvalue weighted by Crippen LogP contribution is -2.16. The summed E-state index contributed by atoms with van der Waals surface area (Å²) >= 11 is 0. The van der Waals surface area contributed by atoms with Gasteiger partial charge < -0.3 is 9.40 Å². The fourth-order valence-corrected chi connectivity index (χ4v) is 5.02. The van der Waals surface area contributed by atoms with E-state index in [-0.39, 0.29) is 16.7 Å². The van der Waals surface area contributed by atoms with Crippen LogP contribution in [-0.4, -0.2) is 4.98 Å². The summed E-state index contributed by atoms with van der Waals surface area (Å²) in [7, 11) is 0. The second-order valence-corrected chi connectivity index (χ2v) is 11.6. The summed E-state index contributed by atoms with van der Waals surface area (Å²) in [6.07, 6.45) is 0. The van der Waals surface area contributed by atoms with Gasteiger partial charge in [0.25, 0.3) is 0 Å². The zero-order valence-electron chi connectivity index (χ0n) is 21.4. The van der Waals surface area contributed by atoms with Gasteiger partial charge in [-0.3, -0.25) is 0 Å². The summed E-state index contributed by atoms with van der Waals surface area (Å²) in [6, 6.07) is 26.2. The van der Waals surface area contributed by atoms with E-state index < -0.39 is 0 Å². The molecule has 2 heterocycles. The summed E-state index contributed by atoms with van der Waals surface area (Å²) in [4.78, 5) is 3.73. The molecule has 2 nitrogen and oxygen atoms in total. The van der Waals surface area contributed by atoms with Crippen LogP contribution in [0.1, 0.15) is 81.2 Å². The molecule has 1 unspecified atom stereocenters. The van der Waals surface area contributed by atoms with E-state index in [0.717, 1.165) is 16.9 Å². The molecule has 0 fully saturated rings. The number of benzene rings is 3. The number of furan rings is 1. The van der Waals surface area contributed by atoms with Crippen molar-refractivity contribution in [2.75, 3.05) is 0 Å². The van der Waals surface area contributed by atoms with Crippen LogP contribution in [0, 0.1) is 6.92 Å². The minimum absolute atomic E-state index is 0.00750. The van der Waals surface area contributed by atoms with E-state index in [1.807, 2.05) is 0 Å². The minimum atomic E-state index is -0.0199. The molecule has 34 heavy (non-hydrogen) atoms. The molecular weight excluding hydrogens is 414 g/mol. The first-order valence-corrected chi connectivity index (χ1v) is 12.2. The van der Waals surface area contributed by atoms with Gasteiger partial charge in [-0.15, -0.1) is 0 Å². The highest BCUT2D eigenvalue weighted by molar-refractivity contribution is 5.86. The van der Waals surface area contributed by atoms with Crippen molar-refractivity contribution in [3.63, 3.8) is 0 Å². The molecule has 0 aliphatic rings. The van der Waals surface area contributed by atoms with Crippen molar-refractivity contribution in [2.45, 2.75) is 65.2 Å². The maximum absolute atomic E-state index is 6.80. The molecule has 2 heteroatoms. The molecule has 5 rings (SSSR count). The number of nitrogens with one attached hydrogen (secondary N) is 1. The summed E-state index contributed by atoms with van der Waals surface area (Å²) in [6.45, 7) is 15.9. The van der Waals surface area contributed by atoms with Crippen LogP contribution in [0.2, 0.25) is 0 Å². The summed E-state index contributed by atoms with van der Waals surface area (Å²) in [5.74, 6) is 0.972. The molecule has 0 radical (unpaired) electrons. The van der Waals surface area contributed by atoms with Gasteiger partial charge in [0.15, 0.2) is 0 Å². The number of aromatic nitrogens is 1. The zero-order valence-corrected chi connectivity index (χ0v) is 21.4. The average molecular weight is 450 g/mol. The highest BCUT2D eigenvalue weighted by Crippen LogP contribution is 2.42. The van der Waals surface area contributed by atoms with Gasteiger partial charge in [0.05, 0.1) is 5.92 Å².